The fourth-order valence-electron chi connectivity index (χ4n) is 5.02. The van der Waals surface area contributed by atoms with E-state index in [0.717, 1.165) is 16.2 Å². The first-order valence-electron chi connectivity index (χ1n) is 11.2. The highest BCUT2D eigenvalue weighted by atomic mass is 19.4. The Morgan fingerprint density at radius 2 is 1.08 bits per heavy atom. The predicted molar refractivity (Wildman–Crippen MR) is 133 cm³/mol. The van der Waals surface area contributed by atoms with Gasteiger partial charge in [0.2, 0.25) is 12.4 Å². The molecular formula is C29H12F4N4O. The van der Waals surface area contributed by atoms with Crippen molar-refractivity contribution in [2.75, 3.05) is 0 Å². The van der Waals surface area contributed by atoms with Crippen molar-refractivity contribution in [3.63, 3.8) is 0 Å². The molecule has 6 aromatic carbocycles. The summed E-state index contributed by atoms with van der Waals surface area (Å²) < 4.78 is 55.5. The van der Waals surface area contributed by atoms with E-state index in [0.29, 0.717) is 48.8 Å². The molecule has 6 rings (SSSR count). The van der Waals surface area contributed by atoms with Crippen LogP contribution in [0.3, 0.4) is 0 Å². The molecule has 0 aromatic heterocycles. The summed E-state index contributed by atoms with van der Waals surface area (Å²) in [5.41, 5.74) is 1.36. The van der Waals surface area contributed by atoms with Crippen LogP contribution in [0.2, 0.25) is 0 Å². The number of nitriles is 2. The zero-order chi connectivity index (χ0) is 26.6. The van der Waals surface area contributed by atoms with E-state index in [9.17, 15) is 28.1 Å². The Bertz CT molecular complexity index is 2120. The predicted octanol–water partition coefficient (Wildman–Crippen LogP) is 6.64. The van der Waals surface area contributed by atoms with Gasteiger partial charge in [-0.25, -0.2) is 4.39 Å². The topological polar surface area (TPSA) is 81.5 Å². The van der Waals surface area contributed by atoms with Gasteiger partial charge in [0.05, 0.1) is 10.7 Å². The second-order valence-corrected chi connectivity index (χ2v) is 8.59. The maximum absolute atomic E-state index is 14.0. The molecule has 0 heterocycles. The van der Waals surface area contributed by atoms with E-state index in [-0.39, 0.29) is 5.75 Å². The number of halogens is 4. The van der Waals surface area contributed by atoms with Crippen molar-refractivity contribution in [3.8, 4) is 29.3 Å². The molecule has 0 aliphatic carbocycles. The van der Waals surface area contributed by atoms with Crippen molar-refractivity contribution in [1.82, 2.24) is 0 Å². The fourth-order valence-corrected chi connectivity index (χ4v) is 5.02. The number of fused-ring (bicyclic) bond motifs is 6. The minimum absolute atomic E-state index is 0.328. The van der Waals surface area contributed by atoms with Crippen molar-refractivity contribution in [2.24, 2.45) is 9.98 Å². The smallest absolute Gasteiger partial charge is 0.406 e. The molecule has 0 spiro atoms. The Balaban J connectivity index is 1.62. The Hall–Kier alpha value is -5.28. The monoisotopic (exact) mass is 508 g/mol. The molecular weight excluding hydrogens is 496 g/mol. The van der Waals surface area contributed by atoms with Crippen LogP contribution in [0.25, 0.3) is 54.2 Å². The highest BCUT2D eigenvalue weighted by molar-refractivity contribution is 6.21. The molecule has 0 saturated carbocycles. The fraction of sp³-hybridized carbons (Fsp3) is 0.0345. The van der Waals surface area contributed by atoms with Crippen LogP contribution >= 0.6 is 0 Å². The number of hydrogen-bond acceptors (Lipinski definition) is 5. The van der Waals surface area contributed by atoms with Gasteiger partial charge in [-0.05, 0) is 75.1 Å². The van der Waals surface area contributed by atoms with Gasteiger partial charge in [-0.1, -0.05) is 30.3 Å². The molecule has 0 radical (unpaired) electrons. The molecule has 0 saturated heterocycles. The van der Waals surface area contributed by atoms with Gasteiger partial charge in [0.15, 0.2) is 0 Å². The Kier molecular flexibility index (Phi) is 5.11. The van der Waals surface area contributed by atoms with Gasteiger partial charge in [-0.3, -0.25) is 0 Å². The first-order valence-corrected chi connectivity index (χ1v) is 11.2. The molecule has 0 fully saturated rings. The van der Waals surface area contributed by atoms with Gasteiger partial charge in [-0.2, -0.15) is 20.5 Å². The molecule has 0 unspecified atom stereocenters. The van der Waals surface area contributed by atoms with Crippen LogP contribution in [-0.2, 0) is 0 Å². The molecule has 6 aromatic rings. The summed E-state index contributed by atoms with van der Waals surface area (Å²) in [6, 6.07) is 19.0. The van der Waals surface area contributed by atoms with Gasteiger partial charge in [0.1, 0.15) is 11.6 Å². The summed E-state index contributed by atoms with van der Waals surface area (Å²) in [5.74, 6) is -0.775. The summed E-state index contributed by atoms with van der Waals surface area (Å²) in [6.45, 7) is 0. The van der Waals surface area contributed by atoms with E-state index in [1.54, 1.807) is 12.3 Å². The van der Waals surface area contributed by atoms with Gasteiger partial charge >= 0.3 is 6.36 Å². The van der Waals surface area contributed by atoms with E-state index in [1.807, 2.05) is 36.5 Å². The van der Waals surface area contributed by atoms with Crippen LogP contribution in [0.1, 0.15) is 0 Å². The molecule has 0 aliphatic rings. The minimum atomic E-state index is -4.78. The van der Waals surface area contributed by atoms with Crippen LogP contribution in [0, 0.1) is 28.7 Å². The number of alkyl halides is 3. The summed E-state index contributed by atoms with van der Waals surface area (Å²) in [5, 5.41) is 25.1. The molecule has 9 heteroatoms. The van der Waals surface area contributed by atoms with E-state index < -0.39 is 12.2 Å². The number of rotatable bonds is 2. The van der Waals surface area contributed by atoms with Crippen molar-refractivity contribution in [3.05, 3.63) is 89.3 Å². The summed E-state index contributed by atoms with van der Waals surface area (Å²) in [7, 11) is 0. The van der Waals surface area contributed by atoms with E-state index >= 15 is 0 Å². The molecule has 38 heavy (non-hydrogen) atoms. The van der Waals surface area contributed by atoms with E-state index in [4.69, 9.17) is 0 Å². The number of hydrogen-bond donors (Lipinski definition) is 0. The Morgan fingerprint density at radius 1 is 0.579 bits per heavy atom. The quantitative estimate of drug-likeness (QED) is 0.194. The molecule has 0 N–H and O–H groups in total. The first-order chi connectivity index (χ1) is 18.3. The first kappa shape index (κ1) is 23.1. The van der Waals surface area contributed by atoms with Gasteiger partial charge in [0.25, 0.3) is 0 Å². The lowest BCUT2D eigenvalue weighted by Gasteiger charge is -2.09. The lowest BCUT2D eigenvalue weighted by Crippen LogP contribution is -2.16. The maximum atomic E-state index is 14.0. The van der Waals surface area contributed by atoms with Crippen LogP contribution in [-0.4, -0.2) is 6.36 Å². The average Bonchev–Trinajstić information content (AvgIpc) is 3.34. The van der Waals surface area contributed by atoms with Crippen molar-refractivity contribution < 1.29 is 22.3 Å². The largest absolute Gasteiger partial charge is 0.573 e. The van der Waals surface area contributed by atoms with Crippen LogP contribution in [0.5, 0.6) is 5.75 Å². The van der Waals surface area contributed by atoms with Gasteiger partial charge < -0.3 is 4.74 Å². The van der Waals surface area contributed by atoms with Crippen molar-refractivity contribution >= 4 is 43.1 Å². The molecule has 0 atom stereocenters. The molecule has 5 nitrogen and oxygen atoms in total. The molecule has 0 bridgehead atoms. The normalized spacial score (nSPS) is 13.0. The van der Waals surface area contributed by atoms with Crippen LogP contribution in [0.15, 0.2) is 82.8 Å². The number of ether oxygens (including phenoxy) is 1. The SMILES string of the molecule is N#C/N=c1\c2cc(F)ccc2c2cc3/c(=N/C#N)c4cc(-c5ccc(OC(F)(F)F)cc5)ccc4c3cc12. The third-order valence-corrected chi connectivity index (χ3v) is 6.50. The van der Waals surface area contributed by atoms with Gasteiger partial charge in [-0.15, -0.1) is 13.2 Å². The van der Waals surface area contributed by atoms with Crippen LogP contribution in [0.4, 0.5) is 17.6 Å². The highest BCUT2D eigenvalue weighted by Crippen LogP contribution is 2.34. The number of benzene rings is 4. The maximum Gasteiger partial charge on any atom is 0.573 e. The summed E-state index contributed by atoms with van der Waals surface area (Å²) >= 11 is 0. The minimum Gasteiger partial charge on any atom is -0.406 e. The molecule has 182 valence electrons. The molecule has 0 aliphatic heterocycles. The van der Waals surface area contributed by atoms with Crippen LogP contribution < -0.4 is 15.5 Å². The lowest BCUT2D eigenvalue weighted by molar-refractivity contribution is -0.274. The standard InChI is InChI=1S/C29H12F4N4O/c30-17-4-8-20-22-12-25-21(11-26(22)28(37-14-35)24(20)10-17)19-7-3-16(9-23(19)27(25)36-13-34)15-1-5-18(6-2-15)38-29(31,32)33/h1-12H/b36-27+,37-28+. The third kappa shape index (κ3) is 3.69. The summed E-state index contributed by atoms with van der Waals surface area (Å²) in [4.78, 5) is 8.04. The Morgan fingerprint density at radius 3 is 1.63 bits per heavy atom. The second-order valence-electron chi connectivity index (χ2n) is 8.59. The third-order valence-electron chi connectivity index (χ3n) is 6.50. The van der Waals surface area contributed by atoms with Crippen molar-refractivity contribution in [1.29, 1.82) is 10.5 Å². The average molecular weight is 508 g/mol. The molecule has 0 amide bonds. The lowest BCUT2D eigenvalue weighted by atomic mass is 10.0. The van der Waals surface area contributed by atoms with E-state index in [2.05, 4.69) is 14.7 Å². The highest BCUT2D eigenvalue weighted by Gasteiger charge is 2.31. The zero-order valence-corrected chi connectivity index (χ0v) is 19.1. The zero-order valence-electron chi connectivity index (χ0n) is 19.1. The number of nitrogens with zero attached hydrogens (tertiary/aromatic N) is 4. The second kappa shape index (κ2) is 8.39. The van der Waals surface area contributed by atoms with Crippen molar-refractivity contribution in [2.45, 2.75) is 6.36 Å². The van der Waals surface area contributed by atoms with Gasteiger partial charge in [0, 0.05) is 21.5 Å². The van der Waals surface area contributed by atoms with E-state index in [1.165, 1.54) is 36.4 Å². The Labute approximate surface area is 211 Å². The summed E-state index contributed by atoms with van der Waals surface area (Å²) in [6.07, 6.45) is -1.13.